The molecule has 0 unspecified atom stereocenters. The average molecular weight is 334 g/mol. The number of aromatic nitrogens is 1. The van der Waals surface area contributed by atoms with Crippen LogP contribution in [0.5, 0.6) is 0 Å². The van der Waals surface area contributed by atoms with E-state index >= 15 is 0 Å². The zero-order valence-corrected chi connectivity index (χ0v) is 14.3. The minimum Gasteiger partial charge on any atom is -0.399 e. The molecule has 0 amide bonds. The Morgan fingerprint density at radius 1 is 1.04 bits per heavy atom. The SMILES string of the molecule is CC1(C)OB(c2ccnc(-c3cc(Cl)ccc3F)c2)OC1(C)C. The van der Waals surface area contributed by atoms with Gasteiger partial charge in [0.1, 0.15) is 5.82 Å². The fraction of sp³-hybridized carbons (Fsp3) is 0.353. The van der Waals surface area contributed by atoms with Crippen LogP contribution in [0.15, 0.2) is 36.5 Å². The first-order chi connectivity index (χ1) is 10.7. The normalized spacial score (nSPS) is 19.1. The number of hydrogen-bond donors (Lipinski definition) is 0. The van der Waals surface area contributed by atoms with Gasteiger partial charge in [-0.2, -0.15) is 0 Å². The van der Waals surface area contributed by atoms with Crippen LogP contribution in [0.4, 0.5) is 4.39 Å². The predicted octanol–water partition coefficient (Wildman–Crippen LogP) is 3.84. The van der Waals surface area contributed by atoms with Gasteiger partial charge in [-0.3, -0.25) is 4.98 Å². The van der Waals surface area contributed by atoms with Gasteiger partial charge in [-0.1, -0.05) is 11.6 Å². The summed E-state index contributed by atoms with van der Waals surface area (Å²) in [5.74, 6) is -0.368. The lowest BCUT2D eigenvalue weighted by Crippen LogP contribution is -2.41. The van der Waals surface area contributed by atoms with Crippen LogP contribution >= 0.6 is 11.6 Å². The van der Waals surface area contributed by atoms with Crippen LogP contribution in [-0.2, 0) is 9.31 Å². The molecule has 3 rings (SSSR count). The van der Waals surface area contributed by atoms with Crippen LogP contribution in [0.1, 0.15) is 27.7 Å². The molecule has 0 radical (unpaired) electrons. The molecule has 1 aromatic heterocycles. The fourth-order valence-corrected chi connectivity index (χ4v) is 2.59. The van der Waals surface area contributed by atoms with Crippen LogP contribution in [0.3, 0.4) is 0 Å². The van der Waals surface area contributed by atoms with Gasteiger partial charge in [0.15, 0.2) is 0 Å². The summed E-state index contributed by atoms with van der Waals surface area (Å²) in [5, 5.41) is 0.462. The zero-order chi connectivity index (χ0) is 16.8. The second-order valence-electron chi connectivity index (χ2n) is 6.69. The third-order valence-corrected chi connectivity index (χ3v) is 4.75. The second-order valence-corrected chi connectivity index (χ2v) is 7.12. The van der Waals surface area contributed by atoms with Crippen molar-refractivity contribution >= 4 is 24.2 Å². The molecular weight excluding hydrogens is 315 g/mol. The van der Waals surface area contributed by atoms with Crippen molar-refractivity contribution in [1.82, 2.24) is 4.98 Å². The number of rotatable bonds is 2. The van der Waals surface area contributed by atoms with Gasteiger partial charge in [0.05, 0.1) is 16.9 Å². The Hall–Kier alpha value is -1.43. The van der Waals surface area contributed by atoms with E-state index in [1.54, 1.807) is 18.3 Å². The van der Waals surface area contributed by atoms with E-state index in [0.29, 0.717) is 16.3 Å². The summed E-state index contributed by atoms with van der Waals surface area (Å²) < 4.78 is 26.1. The topological polar surface area (TPSA) is 31.4 Å². The van der Waals surface area contributed by atoms with Gasteiger partial charge in [-0.05, 0) is 63.5 Å². The number of benzene rings is 1. The van der Waals surface area contributed by atoms with Crippen molar-refractivity contribution in [3.8, 4) is 11.3 Å². The van der Waals surface area contributed by atoms with Gasteiger partial charge in [-0.15, -0.1) is 0 Å². The monoisotopic (exact) mass is 333 g/mol. The van der Waals surface area contributed by atoms with E-state index < -0.39 is 18.3 Å². The summed E-state index contributed by atoms with van der Waals surface area (Å²) in [6.45, 7) is 7.97. The lowest BCUT2D eigenvalue weighted by Gasteiger charge is -2.32. The molecule has 3 nitrogen and oxygen atoms in total. The van der Waals surface area contributed by atoms with Gasteiger partial charge in [-0.25, -0.2) is 4.39 Å². The summed E-state index contributed by atoms with van der Waals surface area (Å²) in [6, 6.07) is 8.00. The van der Waals surface area contributed by atoms with Crippen LogP contribution < -0.4 is 5.46 Å². The molecule has 0 aliphatic carbocycles. The lowest BCUT2D eigenvalue weighted by atomic mass is 9.79. The third-order valence-electron chi connectivity index (χ3n) is 4.51. The predicted molar refractivity (Wildman–Crippen MR) is 90.4 cm³/mol. The molecule has 0 atom stereocenters. The quantitative estimate of drug-likeness (QED) is 0.783. The van der Waals surface area contributed by atoms with Crippen molar-refractivity contribution in [1.29, 1.82) is 0 Å². The molecule has 0 spiro atoms. The highest BCUT2D eigenvalue weighted by Gasteiger charge is 2.51. The van der Waals surface area contributed by atoms with E-state index in [0.717, 1.165) is 5.46 Å². The number of halogens is 2. The minimum absolute atomic E-state index is 0.357. The van der Waals surface area contributed by atoms with Crippen LogP contribution in [0.2, 0.25) is 5.02 Å². The smallest absolute Gasteiger partial charge is 0.399 e. The van der Waals surface area contributed by atoms with Crippen molar-refractivity contribution in [3.05, 3.63) is 47.4 Å². The van der Waals surface area contributed by atoms with Crippen molar-refractivity contribution in [2.75, 3.05) is 0 Å². The van der Waals surface area contributed by atoms with Gasteiger partial charge in [0, 0.05) is 16.8 Å². The van der Waals surface area contributed by atoms with Crippen LogP contribution in [0.25, 0.3) is 11.3 Å². The Morgan fingerprint density at radius 3 is 2.35 bits per heavy atom. The van der Waals surface area contributed by atoms with E-state index in [1.165, 1.54) is 12.1 Å². The van der Waals surface area contributed by atoms with Crippen molar-refractivity contribution in [2.24, 2.45) is 0 Å². The van der Waals surface area contributed by atoms with Crippen molar-refractivity contribution in [2.45, 2.75) is 38.9 Å². The summed E-state index contributed by atoms with van der Waals surface area (Å²) in [5.41, 5.74) is 0.797. The van der Waals surface area contributed by atoms with E-state index in [-0.39, 0.29) is 5.82 Å². The molecule has 0 saturated carbocycles. The molecule has 0 bridgehead atoms. The highest BCUT2D eigenvalue weighted by atomic mass is 35.5. The third kappa shape index (κ3) is 3.01. The van der Waals surface area contributed by atoms with E-state index in [4.69, 9.17) is 20.9 Å². The van der Waals surface area contributed by atoms with Gasteiger partial charge >= 0.3 is 7.12 Å². The Labute approximate surface area is 140 Å². The number of nitrogens with zero attached hydrogens (tertiary/aromatic N) is 1. The minimum atomic E-state index is -0.510. The van der Waals surface area contributed by atoms with Gasteiger partial charge in [0.2, 0.25) is 0 Å². The highest BCUT2D eigenvalue weighted by molar-refractivity contribution is 6.62. The van der Waals surface area contributed by atoms with Crippen molar-refractivity contribution < 1.29 is 13.7 Å². The molecule has 1 aliphatic rings. The molecule has 2 heterocycles. The molecule has 1 aromatic carbocycles. The summed E-state index contributed by atoms with van der Waals surface area (Å²) >= 11 is 5.96. The molecule has 2 aromatic rings. The fourth-order valence-electron chi connectivity index (χ4n) is 2.41. The Kier molecular flexibility index (Phi) is 3.99. The maximum atomic E-state index is 14.0. The molecule has 6 heteroatoms. The first kappa shape index (κ1) is 16.4. The Balaban J connectivity index is 1.97. The van der Waals surface area contributed by atoms with E-state index in [9.17, 15) is 4.39 Å². The second kappa shape index (κ2) is 5.58. The zero-order valence-electron chi connectivity index (χ0n) is 13.6. The van der Waals surface area contributed by atoms with E-state index in [2.05, 4.69) is 4.98 Å². The lowest BCUT2D eigenvalue weighted by molar-refractivity contribution is 0.00578. The molecule has 1 saturated heterocycles. The first-order valence-electron chi connectivity index (χ1n) is 7.47. The highest BCUT2D eigenvalue weighted by Crippen LogP contribution is 2.36. The largest absolute Gasteiger partial charge is 0.494 e. The Bertz CT molecular complexity index is 735. The molecule has 1 aliphatic heterocycles. The van der Waals surface area contributed by atoms with Gasteiger partial charge < -0.3 is 9.31 Å². The molecule has 23 heavy (non-hydrogen) atoms. The first-order valence-corrected chi connectivity index (χ1v) is 7.84. The van der Waals surface area contributed by atoms with Gasteiger partial charge in [0.25, 0.3) is 0 Å². The number of hydrogen-bond acceptors (Lipinski definition) is 3. The maximum Gasteiger partial charge on any atom is 0.494 e. The summed E-state index contributed by atoms with van der Waals surface area (Å²) in [7, 11) is -0.510. The van der Waals surface area contributed by atoms with Crippen molar-refractivity contribution in [3.63, 3.8) is 0 Å². The molecule has 0 N–H and O–H groups in total. The summed E-state index contributed by atoms with van der Waals surface area (Å²) in [6.07, 6.45) is 1.62. The van der Waals surface area contributed by atoms with Crippen LogP contribution in [0, 0.1) is 5.82 Å². The Morgan fingerprint density at radius 2 is 1.70 bits per heavy atom. The molecule has 1 fully saturated rings. The molecular formula is C17H18BClFNO2. The summed E-state index contributed by atoms with van der Waals surface area (Å²) in [4.78, 5) is 4.25. The number of pyridine rings is 1. The standard InChI is InChI=1S/C17H18BClFNO2/c1-16(2)17(3,4)23-18(22-16)11-7-8-21-15(9-11)13-10-12(19)5-6-14(13)20/h5-10H,1-4H3. The van der Waals surface area contributed by atoms with E-state index in [1.807, 2.05) is 33.8 Å². The molecule has 120 valence electrons. The average Bonchev–Trinajstić information content (AvgIpc) is 2.70. The maximum absolute atomic E-state index is 14.0. The van der Waals surface area contributed by atoms with Crippen LogP contribution in [-0.4, -0.2) is 23.3 Å².